The number of hydrogen-bond donors (Lipinski definition) is 2. The van der Waals surface area contributed by atoms with E-state index in [1.807, 2.05) is 6.33 Å². The van der Waals surface area contributed by atoms with Crippen LogP contribution in [0.2, 0.25) is 0 Å². The Hall–Kier alpha value is -1.76. The van der Waals surface area contributed by atoms with Crippen LogP contribution in [0.1, 0.15) is 43.1 Å². The van der Waals surface area contributed by atoms with E-state index in [4.69, 9.17) is 0 Å². The zero-order chi connectivity index (χ0) is 17.1. The van der Waals surface area contributed by atoms with Gasteiger partial charge in [0.25, 0.3) is 0 Å². The Labute approximate surface area is 149 Å². The predicted molar refractivity (Wildman–Crippen MR) is 97.9 cm³/mol. The second-order valence-corrected chi connectivity index (χ2v) is 7.25. The Balaban J connectivity index is 1.42. The quantitative estimate of drug-likeness (QED) is 0.871. The van der Waals surface area contributed by atoms with Gasteiger partial charge in [-0.25, -0.2) is 5.43 Å². The highest BCUT2D eigenvalue weighted by Crippen LogP contribution is 2.29. The van der Waals surface area contributed by atoms with Crippen LogP contribution < -0.4 is 10.9 Å². The Morgan fingerprint density at radius 2 is 2.12 bits per heavy atom. The maximum absolute atomic E-state index is 4.40. The van der Waals surface area contributed by atoms with Crippen LogP contribution in [-0.2, 0) is 6.54 Å². The molecule has 1 aromatic carbocycles. The zero-order valence-electron chi connectivity index (χ0n) is 14.9. The van der Waals surface area contributed by atoms with Gasteiger partial charge in [0.1, 0.15) is 12.2 Å². The lowest BCUT2D eigenvalue weighted by Gasteiger charge is -2.34. The van der Waals surface area contributed by atoms with Gasteiger partial charge in [0.15, 0.2) is 0 Å². The van der Waals surface area contributed by atoms with E-state index in [-0.39, 0.29) is 0 Å². The van der Waals surface area contributed by atoms with Crippen LogP contribution in [0, 0.1) is 5.92 Å². The average molecular weight is 340 g/mol. The standard InChI is InChI=1S/C19H28N6/c1-2-25-14-21-23-19(25)16-9-6-10-24(12-16)13-17-11-20-22-18(17)15-7-4-3-5-8-15/h3-5,7-8,14,16-18,20,22H,2,6,9-13H2,1H3. The molecule has 4 rings (SSSR count). The molecule has 0 amide bonds. The van der Waals surface area contributed by atoms with Gasteiger partial charge >= 0.3 is 0 Å². The highest BCUT2D eigenvalue weighted by molar-refractivity contribution is 5.20. The second-order valence-electron chi connectivity index (χ2n) is 7.25. The summed E-state index contributed by atoms with van der Waals surface area (Å²) < 4.78 is 2.19. The van der Waals surface area contributed by atoms with Crippen LogP contribution in [0.4, 0.5) is 0 Å². The summed E-state index contributed by atoms with van der Waals surface area (Å²) in [5.41, 5.74) is 8.20. The molecule has 0 aliphatic carbocycles. The first-order valence-electron chi connectivity index (χ1n) is 9.48. The van der Waals surface area contributed by atoms with Crippen LogP contribution in [0.15, 0.2) is 36.7 Å². The molecule has 6 nitrogen and oxygen atoms in total. The molecule has 3 atom stereocenters. The molecule has 2 aliphatic heterocycles. The predicted octanol–water partition coefficient (Wildman–Crippen LogP) is 1.94. The summed E-state index contributed by atoms with van der Waals surface area (Å²) >= 11 is 0. The molecule has 25 heavy (non-hydrogen) atoms. The highest BCUT2D eigenvalue weighted by atomic mass is 15.4. The molecular formula is C19H28N6. The summed E-state index contributed by atoms with van der Waals surface area (Å²) in [6.07, 6.45) is 4.33. The molecule has 2 N–H and O–H groups in total. The normalized spacial score (nSPS) is 27.6. The van der Waals surface area contributed by atoms with E-state index in [0.717, 1.165) is 32.0 Å². The number of nitrogens with one attached hydrogen (secondary N) is 2. The zero-order valence-corrected chi connectivity index (χ0v) is 14.9. The Morgan fingerprint density at radius 1 is 1.24 bits per heavy atom. The fourth-order valence-corrected chi connectivity index (χ4v) is 4.31. The van der Waals surface area contributed by atoms with Crippen LogP contribution in [0.5, 0.6) is 0 Å². The first-order valence-corrected chi connectivity index (χ1v) is 9.48. The molecule has 134 valence electrons. The number of nitrogens with zero attached hydrogens (tertiary/aromatic N) is 4. The molecule has 2 saturated heterocycles. The van der Waals surface area contributed by atoms with Crippen molar-refractivity contribution in [2.75, 3.05) is 26.2 Å². The largest absolute Gasteiger partial charge is 0.318 e. The van der Waals surface area contributed by atoms with Gasteiger partial charge in [-0.3, -0.25) is 5.43 Å². The SMILES string of the molecule is CCn1cnnc1C1CCCN(CC2CNNC2c2ccccc2)C1. The minimum Gasteiger partial charge on any atom is -0.318 e. The van der Waals surface area contributed by atoms with Gasteiger partial charge in [0, 0.05) is 38.0 Å². The molecule has 2 fully saturated rings. The maximum Gasteiger partial charge on any atom is 0.137 e. The van der Waals surface area contributed by atoms with E-state index in [1.54, 1.807) is 0 Å². The lowest BCUT2D eigenvalue weighted by atomic mass is 9.92. The van der Waals surface area contributed by atoms with E-state index in [0.29, 0.717) is 17.9 Å². The smallest absolute Gasteiger partial charge is 0.137 e. The second kappa shape index (κ2) is 7.64. The van der Waals surface area contributed by atoms with Crippen molar-refractivity contribution in [3.63, 3.8) is 0 Å². The number of piperidine rings is 1. The van der Waals surface area contributed by atoms with E-state index in [2.05, 4.69) is 67.8 Å². The molecular weight excluding hydrogens is 312 g/mol. The minimum atomic E-state index is 0.390. The summed E-state index contributed by atoms with van der Waals surface area (Å²) in [5.74, 6) is 2.26. The number of benzene rings is 1. The number of hydrazine groups is 1. The number of hydrogen-bond acceptors (Lipinski definition) is 5. The fourth-order valence-electron chi connectivity index (χ4n) is 4.31. The van der Waals surface area contributed by atoms with Gasteiger partial charge in [-0.05, 0) is 31.9 Å². The van der Waals surface area contributed by atoms with Crippen molar-refractivity contribution in [3.8, 4) is 0 Å². The van der Waals surface area contributed by atoms with Crippen LogP contribution in [0.25, 0.3) is 0 Å². The molecule has 0 radical (unpaired) electrons. The summed E-state index contributed by atoms with van der Waals surface area (Å²) in [6.45, 7) is 7.53. The third-order valence-corrected chi connectivity index (χ3v) is 5.60. The van der Waals surface area contributed by atoms with Gasteiger partial charge in [-0.2, -0.15) is 0 Å². The summed E-state index contributed by atoms with van der Waals surface area (Å²) in [5, 5.41) is 8.52. The maximum atomic E-state index is 4.40. The molecule has 0 saturated carbocycles. The van der Waals surface area contributed by atoms with Gasteiger partial charge in [0.2, 0.25) is 0 Å². The number of likely N-dealkylation sites (tertiary alicyclic amines) is 1. The van der Waals surface area contributed by atoms with Crippen LogP contribution >= 0.6 is 0 Å². The molecule has 0 spiro atoms. The van der Waals surface area contributed by atoms with Gasteiger partial charge in [0.05, 0.1) is 6.04 Å². The summed E-state index contributed by atoms with van der Waals surface area (Å²) in [6, 6.07) is 11.2. The molecule has 2 aliphatic rings. The van der Waals surface area contributed by atoms with Crippen molar-refractivity contribution in [1.82, 2.24) is 30.5 Å². The summed E-state index contributed by atoms with van der Waals surface area (Å²) in [4.78, 5) is 2.62. The fraction of sp³-hybridized carbons (Fsp3) is 0.579. The molecule has 3 heterocycles. The monoisotopic (exact) mass is 340 g/mol. The van der Waals surface area contributed by atoms with Gasteiger partial charge in [-0.1, -0.05) is 30.3 Å². The van der Waals surface area contributed by atoms with E-state index in [1.165, 1.54) is 24.9 Å². The van der Waals surface area contributed by atoms with Crippen molar-refractivity contribution in [3.05, 3.63) is 48.0 Å². The van der Waals surface area contributed by atoms with Crippen molar-refractivity contribution in [2.24, 2.45) is 5.92 Å². The topological polar surface area (TPSA) is 58.0 Å². The first kappa shape index (κ1) is 16.7. The van der Waals surface area contributed by atoms with Crippen molar-refractivity contribution < 1.29 is 0 Å². The Kier molecular flexibility index (Phi) is 5.10. The third-order valence-electron chi connectivity index (χ3n) is 5.60. The average Bonchev–Trinajstić information content (AvgIpc) is 3.32. The highest BCUT2D eigenvalue weighted by Gasteiger charge is 2.32. The first-order chi connectivity index (χ1) is 12.3. The number of aryl methyl sites for hydroxylation is 1. The third kappa shape index (κ3) is 3.61. The minimum absolute atomic E-state index is 0.390. The molecule has 0 bridgehead atoms. The van der Waals surface area contributed by atoms with Gasteiger partial charge < -0.3 is 9.47 Å². The molecule has 3 unspecified atom stereocenters. The van der Waals surface area contributed by atoms with E-state index >= 15 is 0 Å². The lowest BCUT2D eigenvalue weighted by Crippen LogP contribution is -2.40. The molecule has 2 aromatic rings. The van der Waals surface area contributed by atoms with Gasteiger partial charge in [-0.15, -0.1) is 10.2 Å². The molecule has 1 aromatic heterocycles. The number of aromatic nitrogens is 3. The Morgan fingerprint density at radius 3 is 2.96 bits per heavy atom. The van der Waals surface area contributed by atoms with Crippen LogP contribution in [-0.4, -0.2) is 45.8 Å². The van der Waals surface area contributed by atoms with E-state index in [9.17, 15) is 0 Å². The van der Waals surface area contributed by atoms with Crippen molar-refractivity contribution in [1.29, 1.82) is 0 Å². The van der Waals surface area contributed by atoms with Crippen molar-refractivity contribution >= 4 is 0 Å². The van der Waals surface area contributed by atoms with Crippen molar-refractivity contribution in [2.45, 2.75) is 38.3 Å². The van der Waals surface area contributed by atoms with E-state index < -0.39 is 0 Å². The lowest BCUT2D eigenvalue weighted by molar-refractivity contribution is 0.172. The number of rotatable bonds is 5. The Bertz CT molecular complexity index is 670. The van der Waals surface area contributed by atoms with Crippen LogP contribution in [0.3, 0.4) is 0 Å². The summed E-state index contributed by atoms with van der Waals surface area (Å²) in [7, 11) is 0. The molecule has 6 heteroatoms.